The van der Waals surface area contributed by atoms with E-state index in [1.165, 1.54) is 7.11 Å². The number of amides is 2. The number of carbonyl (C=O) groups excluding carboxylic acids is 2. The van der Waals surface area contributed by atoms with Crippen LogP contribution in [0.2, 0.25) is 5.02 Å². The van der Waals surface area contributed by atoms with Crippen molar-refractivity contribution >= 4 is 29.1 Å². The Morgan fingerprint density at radius 1 is 1.28 bits per heavy atom. The first-order valence-corrected chi connectivity index (χ1v) is 8.95. The molecule has 0 heterocycles. The molecule has 6 nitrogen and oxygen atoms in total. The standard InChI is InChI=1S/C18H26ClN3O3/c1-12-10-14(15(25-2)11-13(12)19)22-16(23)6-9-21-17(24)18(20)7-4-3-5-8-18/h10-11H,3-9,20H2,1-2H3,(H,21,24)(H,22,23). The highest BCUT2D eigenvalue weighted by Crippen LogP contribution is 2.31. The van der Waals surface area contributed by atoms with Gasteiger partial charge < -0.3 is 21.1 Å². The lowest BCUT2D eigenvalue weighted by Gasteiger charge is -2.31. The number of rotatable bonds is 6. The van der Waals surface area contributed by atoms with Gasteiger partial charge in [-0.1, -0.05) is 30.9 Å². The minimum absolute atomic E-state index is 0.159. The van der Waals surface area contributed by atoms with Gasteiger partial charge in [-0.3, -0.25) is 9.59 Å². The largest absolute Gasteiger partial charge is 0.495 e. The highest BCUT2D eigenvalue weighted by molar-refractivity contribution is 6.31. The minimum Gasteiger partial charge on any atom is -0.495 e. The van der Waals surface area contributed by atoms with Crippen molar-refractivity contribution in [3.63, 3.8) is 0 Å². The van der Waals surface area contributed by atoms with E-state index in [1.54, 1.807) is 12.1 Å². The maximum absolute atomic E-state index is 12.2. The molecule has 1 saturated carbocycles. The molecule has 0 atom stereocenters. The molecule has 7 heteroatoms. The summed E-state index contributed by atoms with van der Waals surface area (Å²) in [5, 5.41) is 6.14. The van der Waals surface area contributed by atoms with Gasteiger partial charge in [-0.15, -0.1) is 0 Å². The number of benzene rings is 1. The van der Waals surface area contributed by atoms with Crippen LogP contribution in [0.25, 0.3) is 0 Å². The summed E-state index contributed by atoms with van der Waals surface area (Å²) in [7, 11) is 1.52. The van der Waals surface area contributed by atoms with E-state index in [1.807, 2.05) is 6.92 Å². The Bertz CT molecular complexity index is 643. The highest BCUT2D eigenvalue weighted by Gasteiger charge is 2.34. The number of halogens is 1. The molecular weight excluding hydrogens is 342 g/mol. The van der Waals surface area contributed by atoms with Gasteiger partial charge in [0.05, 0.1) is 18.3 Å². The first-order chi connectivity index (χ1) is 11.9. The van der Waals surface area contributed by atoms with Crippen molar-refractivity contribution in [2.45, 2.75) is 51.0 Å². The summed E-state index contributed by atoms with van der Waals surface area (Å²) >= 11 is 6.05. The Morgan fingerprint density at radius 3 is 2.60 bits per heavy atom. The van der Waals surface area contributed by atoms with Gasteiger partial charge in [0.15, 0.2) is 0 Å². The van der Waals surface area contributed by atoms with Gasteiger partial charge in [-0.05, 0) is 31.4 Å². The lowest BCUT2D eigenvalue weighted by molar-refractivity contribution is -0.127. The Balaban J connectivity index is 1.85. The van der Waals surface area contributed by atoms with Gasteiger partial charge in [-0.25, -0.2) is 0 Å². The van der Waals surface area contributed by atoms with Gasteiger partial charge in [0.25, 0.3) is 0 Å². The van der Waals surface area contributed by atoms with Gasteiger partial charge in [0, 0.05) is 24.1 Å². The van der Waals surface area contributed by atoms with Crippen LogP contribution in [-0.4, -0.2) is 31.0 Å². The van der Waals surface area contributed by atoms with Crippen molar-refractivity contribution in [1.29, 1.82) is 0 Å². The maximum atomic E-state index is 12.2. The molecule has 25 heavy (non-hydrogen) atoms. The minimum atomic E-state index is -0.786. The van der Waals surface area contributed by atoms with Crippen molar-refractivity contribution in [2.75, 3.05) is 19.0 Å². The molecule has 138 valence electrons. The molecule has 0 aromatic heterocycles. The molecule has 0 radical (unpaired) electrons. The zero-order valence-electron chi connectivity index (χ0n) is 14.8. The molecule has 0 aliphatic heterocycles. The summed E-state index contributed by atoms with van der Waals surface area (Å²) in [6.45, 7) is 2.10. The van der Waals surface area contributed by atoms with Crippen molar-refractivity contribution in [1.82, 2.24) is 5.32 Å². The Hall–Kier alpha value is -1.79. The number of ether oxygens (including phenoxy) is 1. The van der Waals surface area contributed by atoms with Crippen molar-refractivity contribution in [2.24, 2.45) is 5.73 Å². The van der Waals surface area contributed by atoms with Crippen LogP contribution in [0, 0.1) is 6.92 Å². The molecule has 2 rings (SSSR count). The monoisotopic (exact) mass is 367 g/mol. The first-order valence-electron chi connectivity index (χ1n) is 8.57. The molecular formula is C18H26ClN3O3. The zero-order chi connectivity index (χ0) is 18.4. The van der Waals surface area contributed by atoms with Crippen LogP contribution >= 0.6 is 11.6 Å². The van der Waals surface area contributed by atoms with Crippen molar-refractivity contribution in [3.8, 4) is 5.75 Å². The molecule has 0 unspecified atom stereocenters. The van der Waals surface area contributed by atoms with E-state index < -0.39 is 5.54 Å². The molecule has 1 aliphatic rings. The second-order valence-electron chi connectivity index (χ2n) is 6.57. The number of hydrogen-bond acceptors (Lipinski definition) is 4. The van der Waals surface area contributed by atoms with E-state index >= 15 is 0 Å². The van der Waals surface area contributed by atoms with Crippen molar-refractivity contribution < 1.29 is 14.3 Å². The molecule has 0 saturated heterocycles. The lowest BCUT2D eigenvalue weighted by Crippen LogP contribution is -2.55. The van der Waals surface area contributed by atoms with E-state index in [9.17, 15) is 9.59 Å². The number of aryl methyl sites for hydroxylation is 1. The second kappa shape index (κ2) is 8.54. The van der Waals surface area contributed by atoms with Crippen LogP contribution in [0.5, 0.6) is 5.75 Å². The van der Waals surface area contributed by atoms with E-state index in [0.29, 0.717) is 29.3 Å². The number of carbonyl (C=O) groups is 2. The van der Waals surface area contributed by atoms with Crippen LogP contribution in [-0.2, 0) is 9.59 Å². The van der Waals surface area contributed by atoms with E-state index in [4.69, 9.17) is 22.1 Å². The van der Waals surface area contributed by atoms with E-state index in [2.05, 4.69) is 10.6 Å². The average molecular weight is 368 g/mol. The fraction of sp³-hybridized carbons (Fsp3) is 0.556. The van der Waals surface area contributed by atoms with Gasteiger partial charge in [0.1, 0.15) is 5.75 Å². The number of hydrogen-bond donors (Lipinski definition) is 3. The fourth-order valence-electron chi connectivity index (χ4n) is 3.02. The average Bonchev–Trinajstić information content (AvgIpc) is 2.58. The predicted octanol–water partition coefficient (Wildman–Crippen LogP) is 2.76. The van der Waals surface area contributed by atoms with Crippen molar-refractivity contribution in [3.05, 3.63) is 22.7 Å². The third-order valence-electron chi connectivity index (χ3n) is 4.59. The lowest BCUT2D eigenvalue weighted by atomic mass is 9.82. The summed E-state index contributed by atoms with van der Waals surface area (Å²) in [6, 6.07) is 3.42. The molecule has 0 spiro atoms. The fourth-order valence-corrected chi connectivity index (χ4v) is 3.17. The maximum Gasteiger partial charge on any atom is 0.240 e. The second-order valence-corrected chi connectivity index (χ2v) is 6.98. The molecule has 1 fully saturated rings. The van der Waals surface area contributed by atoms with Crippen LogP contribution < -0.4 is 21.1 Å². The Morgan fingerprint density at radius 2 is 1.96 bits per heavy atom. The van der Waals surface area contributed by atoms with Gasteiger partial charge in [-0.2, -0.15) is 0 Å². The first kappa shape index (κ1) is 19.5. The summed E-state index contributed by atoms with van der Waals surface area (Å²) in [5.74, 6) is 0.117. The van der Waals surface area contributed by atoms with Crippen LogP contribution in [0.4, 0.5) is 5.69 Å². The summed E-state index contributed by atoms with van der Waals surface area (Å²) in [4.78, 5) is 24.4. The topological polar surface area (TPSA) is 93.5 Å². The number of nitrogens with two attached hydrogens (primary N) is 1. The van der Waals surface area contributed by atoms with Crippen LogP contribution in [0.1, 0.15) is 44.1 Å². The van der Waals surface area contributed by atoms with Crippen LogP contribution in [0.3, 0.4) is 0 Å². The number of nitrogens with one attached hydrogen (secondary N) is 2. The van der Waals surface area contributed by atoms with Crippen LogP contribution in [0.15, 0.2) is 12.1 Å². The smallest absolute Gasteiger partial charge is 0.240 e. The number of anilines is 1. The third kappa shape index (κ3) is 5.09. The van der Waals surface area contributed by atoms with Gasteiger partial charge in [0.2, 0.25) is 11.8 Å². The molecule has 2 amide bonds. The molecule has 0 bridgehead atoms. The molecule has 1 aliphatic carbocycles. The molecule has 1 aromatic carbocycles. The molecule has 4 N–H and O–H groups in total. The Labute approximate surface area is 153 Å². The van der Waals surface area contributed by atoms with E-state index in [0.717, 1.165) is 24.8 Å². The summed E-state index contributed by atoms with van der Waals surface area (Å²) in [5.41, 5.74) is 6.78. The Kier molecular flexibility index (Phi) is 6.67. The number of methoxy groups -OCH3 is 1. The molecule has 1 aromatic rings. The predicted molar refractivity (Wildman–Crippen MR) is 99.0 cm³/mol. The van der Waals surface area contributed by atoms with Gasteiger partial charge >= 0.3 is 0 Å². The third-order valence-corrected chi connectivity index (χ3v) is 5.00. The highest BCUT2D eigenvalue weighted by atomic mass is 35.5. The summed E-state index contributed by atoms with van der Waals surface area (Å²) in [6.07, 6.45) is 4.63. The van der Waals surface area contributed by atoms with E-state index in [-0.39, 0.29) is 24.8 Å². The SMILES string of the molecule is COc1cc(Cl)c(C)cc1NC(=O)CCNC(=O)C1(N)CCCCC1. The summed E-state index contributed by atoms with van der Waals surface area (Å²) < 4.78 is 5.23. The normalized spacial score (nSPS) is 16.2. The zero-order valence-corrected chi connectivity index (χ0v) is 15.5. The quantitative estimate of drug-likeness (QED) is 0.720.